The Morgan fingerprint density at radius 3 is 3.00 bits per heavy atom. The van der Waals surface area contributed by atoms with Crippen LogP contribution in [0.15, 0.2) is 4.52 Å². The molecule has 1 aliphatic rings. The molecule has 1 N–H and O–H groups in total. The van der Waals surface area contributed by atoms with Crippen LogP contribution in [0.25, 0.3) is 0 Å². The summed E-state index contributed by atoms with van der Waals surface area (Å²) in [6.45, 7) is 5.49. The lowest BCUT2D eigenvalue weighted by molar-refractivity contribution is 0.295. The third-order valence-electron chi connectivity index (χ3n) is 3.04. The van der Waals surface area contributed by atoms with Crippen molar-refractivity contribution >= 4 is 0 Å². The molecule has 1 atom stereocenters. The number of rotatable bonds is 4. The van der Waals surface area contributed by atoms with Crippen LogP contribution in [0.1, 0.15) is 57.3 Å². The fourth-order valence-electron chi connectivity index (χ4n) is 1.99. The Balaban J connectivity index is 1.90. The maximum atomic E-state index is 5.31. The molecule has 0 unspecified atom stereocenters. The first kappa shape index (κ1) is 11.6. The van der Waals surface area contributed by atoms with Crippen molar-refractivity contribution in [3.63, 3.8) is 0 Å². The van der Waals surface area contributed by atoms with E-state index in [0.717, 1.165) is 37.5 Å². The largest absolute Gasteiger partial charge is 0.338 e. The molecule has 0 spiro atoms. The molecule has 1 aromatic heterocycles. The lowest BCUT2D eigenvalue weighted by Gasteiger charge is -2.19. The second-order valence-corrected chi connectivity index (χ2v) is 4.98. The molecular formula is C12H21N3O. The van der Waals surface area contributed by atoms with E-state index in [1.54, 1.807) is 0 Å². The number of aryl methyl sites for hydroxylation is 1. The first-order chi connectivity index (χ1) is 7.75. The smallest absolute Gasteiger partial charge is 0.243 e. The van der Waals surface area contributed by atoms with Gasteiger partial charge in [-0.05, 0) is 31.7 Å². The molecule has 90 valence electrons. The Kier molecular flexibility index (Phi) is 3.93. The Hall–Kier alpha value is -0.900. The standard InChI is InChI=1S/C12H21N3O/c1-9(2)6-7-11-14-12(16-15-11)10-5-3-4-8-13-10/h9-10,13H,3-8H2,1-2H3/t10-/m1/s1. The van der Waals surface area contributed by atoms with Crippen molar-refractivity contribution < 1.29 is 4.52 Å². The van der Waals surface area contributed by atoms with E-state index in [1.165, 1.54) is 12.8 Å². The normalized spacial score (nSPS) is 21.6. The van der Waals surface area contributed by atoms with Crippen LogP contribution >= 0.6 is 0 Å². The molecule has 0 bridgehead atoms. The third kappa shape index (κ3) is 3.04. The highest BCUT2D eigenvalue weighted by Crippen LogP contribution is 2.21. The SMILES string of the molecule is CC(C)CCc1noc([C@H]2CCCCN2)n1. The van der Waals surface area contributed by atoms with E-state index in [1.807, 2.05) is 0 Å². The maximum absolute atomic E-state index is 5.31. The van der Waals surface area contributed by atoms with Gasteiger partial charge in [-0.3, -0.25) is 0 Å². The summed E-state index contributed by atoms with van der Waals surface area (Å²) in [7, 11) is 0. The summed E-state index contributed by atoms with van der Waals surface area (Å²) >= 11 is 0. The number of piperidine rings is 1. The van der Waals surface area contributed by atoms with Gasteiger partial charge in [-0.15, -0.1) is 0 Å². The Bertz CT molecular complexity index is 316. The highest BCUT2D eigenvalue weighted by atomic mass is 16.5. The molecule has 16 heavy (non-hydrogen) atoms. The number of nitrogens with zero attached hydrogens (tertiary/aromatic N) is 2. The van der Waals surface area contributed by atoms with Gasteiger partial charge in [0.15, 0.2) is 5.82 Å². The summed E-state index contributed by atoms with van der Waals surface area (Å²) < 4.78 is 5.31. The Morgan fingerprint density at radius 1 is 1.44 bits per heavy atom. The Labute approximate surface area is 96.8 Å². The second kappa shape index (κ2) is 5.43. The minimum absolute atomic E-state index is 0.286. The maximum Gasteiger partial charge on any atom is 0.243 e. The van der Waals surface area contributed by atoms with Crippen LogP contribution in [0.4, 0.5) is 0 Å². The third-order valence-corrected chi connectivity index (χ3v) is 3.04. The molecule has 0 saturated carbocycles. The van der Waals surface area contributed by atoms with Gasteiger partial charge >= 0.3 is 0 Å². The zero-order valence-corrected chi connectivity index (χ0v) is 10.2. The molecule has 2 rings (SSSR count). The molecule has 0 aliphatic carbocycles. The van der Waals surface area contributed by atoms with Gasteiger partial charge < -0.3 is 9.84 Å². The van der Waals surface area contributed by atoms with Crippen LogP contribution in [0.3, 0.4) is 0 Å². The van der Waals surface area contributed by atoms with Gasteiger partial charge in [0.1, 0.15) is 0 Å². The molecule has 1 fully saturated rings. The summed E-state index contributed by atoms with van der Waals surface area (Å²) in [6.07, 6.45) is 5.67. The summed E-state index contributed by atoms with van der Waals surface area (Å²) in [5.74, 6) is 2.32. The van der Waals surface area contributed by atoms with E-state index >= 15 is 0 Å². The molecule has 4 heteroatoms. The first-order valence-corrected chi connectivity index (χ1v) is 6.31. The molecule has 0 radical (unpaired) electrons. The highest BCUT2D eigenvalue weighted by molar-refractivity contribution is 4.94. The predicted octanol–water partition coefficient (Wildman–Crippen LogP) is 2.47. The van der Waals surface area contributed by atoms with Crippen LogP contribution in [0.5, 0.6) is 0 Å². The monoisotopic (exact) mass is 223 g/mol. The minimum atomic E-state index is 0.286. The van der Waals surface area contributed by atoms with Gasteiger partial charge in [-0.25, -0.2) is 0 Å². The average Bonchev–Trinajstić information content (AvgIpc) is 2.76. The number of aromatic nitrogens is 2. The van der Waals surface area contributed by atoms with Crippen molar-refractivity contribution in [2.24, 2.45) is 5.92 Å². The highest BCUT2D eigenvalue weighted by Gasteiger charge is 2.20. The van der Waals surface area contributed by atoms with Crippen molar-refractivity contribution in [2.45, 2.75) is 52.0 Å². The van der Waals surface area contributed by atoms with Gasteiger partial charge in [-0.1, -0.05) is 25.4 Å². The van der Waals surface area contributed by atoms with E-state index in [2.05, 4.69) is 29.3 Å². The zero-order valence-electron chi connectivity index (χ0n) is 10.2. The van der Waals surface area contributed by atoms with Crippen molar-refractivity contribution in [1.29, 1.82) is 0 Å². The van der Waals surface area contributed by atoms with Crippen LogP contribution in [0, 0.1) is 5.92 Å². The van der Waals surface area contributed by atoms with E-state index < -0.39 is 0 Å². The van der Waals surface area contributed by atoms with Crippen molar-refractivity contribution in [1.82, 2.24) is 15.5 Å². The fraction of sp³-hybridized carbons (Fsp3) is 0.833. The van der Waals surface area contributed by atoms with E-state index in [-0.39, 0.29) is 6.04 Å². The summed E-state index contributed by atoms with van der Waals surface area (Å²) in [6, 6.07) is 0.286. The van der Waals surface area contributed by atoms with Crippen LogP contribution in [0.2, 0.25) is 0 Å². The number of hydrogen-bond acceptors (Lipinski definition) is 4. The topological polar surface area (TPSA) is 51.0 Å². The summed E-state index contributed by atoms with van der Waals surface area (Å²) in [5.41, 5.74) is 0. The second-order valence-electron chi connectivity index (χ2n) is 4.98. The zero-order chi connectivity index (χ0) is 11.4. The van der Waals surface area contributed by atoms with Crippen molar-refractivity contribution in [3.8, 4) is 0 Å². The van der Waals surface area contributed by atoms with Crippen LogP contribution in [-0.4, -0.2) is 16.7 Å². The van der Waals surface area contributed by atoms with Gasteiger partial charge in [0.25, 0.3) is 0 Å². The molecule has 0 amide bonds. The van der Waals surface area contributed by atoms with Crippen LogP contribution < -0.4 is 5.32 Å². The van der Waals surface area contributed by atoms with E-state index in [0.29, 0.717) is 5.92 Å². The van der Waals surface area contributed by atoms with Gasteiger partial charge in [0.05, 0.1) is 6.04 Å². The average molecular weight is 223 g/mol. The molecule has 1 saturated heterocycles. The lowest BCUT2D eigenvalue weighted by Crippen LogP contribution is -2.27. The molecule has 2 heterocycles. The lowest BCUT2D eigenvalue weighted by atomic mass is 10.1. The minimum Gasteiger partial charge on any atom is -0.338 e. The molecule has 1 aromatic rings. The Morgan fingerprint density at radius 2 is 2.31 bits per heavy atom. The summed E-state index contributed by atoms with van der Waals surface area (Å²) in [4.78, 5) is 4.47. The van der Waals surface area contributed by atoms with Crippen molar-refractivity contribution in [3.05, 3.63) is 11.7 Å². The number of hydrogen-bond donors (Lipinski definition) is 1. The quantitative estimate of drug-likeness (QED) is 0.852. The molecular weight excluding hydrogens is 202 g/mol. The van der Waals surface area contributed by atoms with E-state index in [4.69, 9.17) is 4.52 Å². The fourth-order valence-corrected chi connectivity index (χ4v) is 1.99. The molecule has 4 nitrogen and oxygen atoms in total. The summed E-state index contributed by atoms with van der Waals surface area (Å²) in [5, 5.41) is 7.45. The predicted molar refractivity (Wildman–Crippen MR) is 62.1 cm³/mol. The van der Waals surface area contributed by atoms with Gasteiger partial charge in [-0.2, -0.15) is 4.98 Å². The van der Waals surface area contributed by atoms with E-state index in [9.17, 15) is 0 Å². The number of nitrogens with one attached hydrogen (secondary N) is 1. The van der Waals surface area contributed by atoms with Gasteiger partial charge in [0, 0.05) is 6.42 Å². The van der Waals surface area contributed by atoms with Gasteiger partial charge in [0.2, 0.25) is 5.89 Å². The first-order valence-electron chi connectivity index (χ1n) is 6.31. The molecule has 0 aromatic carbocycles. The molecule has 1 aliphatic heterocycles. The van der Waals surface area contributed by atoms with Crippen LogP contribution in [-0.2, 0) is 6.42 Å². The van der Waals surface area contributed by atoms with Crippen molar-refractivity contribution in [2.75, 3.05) is 6.54 Å².